The summed E-state index contributed by atoms with van der Waals surface area (Å²) in [4.78, 5) is 0. The number of hydrogen-bond donors (Lipinski definition) is 0. The average molecular weight is 162 g/mol. The molecule has 0 radical (unpaired) electrons. The molecule has 5 heavy (non-hydrogen) atoms. The van der Waals surface area contributed by atoms with Gasteiger partial charge in [0.1, 0.15) is 0 Å². The Hall–Kier alpha value is 2.18. The minimum absolute atomic E-state index is 0. The van der Waals surface area contributed by atoms with Crippen LogP contribution in [0.15, 0.2) is 0 Å². The predicted molar refractivity (Wildman–Crippen MR) is 18.7 cm³/mol. The van der Waals surface area contributed by atoms with Gasteiger partial charge in [-0.15, -0.1) is 0 Å². The summed E-state index contributed by atoms with van der Waals surface area (Å²) in [5, 5.41) is 0. The van der Waals surface area contributed by atoms with Crippen molar-refractivity contribution in [3.05, 3.63) is 0 Å². The molecule has 0 aromatic heterocycles. The maximum absolute atomic E-state index is 4.97. The Bertz CT molecular complexity index is 15.5. The molecule has 0 fully saturated rings. The minimum atomic E-state index is -1.92. The van der Waals surface area contributed by atoms with E-state index in [0.717, 1.165) is 0 Å². The molecule has 0 aliphatic rings. The van der Waals surface area contributed by atoms with Gasteiger partial charge >= 0.3 is 61.5 Å². The average Bonchev–Trinajstić information content (AvgIpc) is 0.811. The van der Waals surface area contributed by atoms with Crippen LogP contribution in [0.2, 0.25) is 0 Å². The summed E-state index contributed by atoms with van der Waals surface area (Å²) in [6.45, 7) is 0. The summed E-state index contributed by atoms with van der Waals surface area (Å²) < 4.78 is 0. The molecule has 0 saturated carbocycles. The van der Waals surface area contributed by atoms with E-state index < -0.39 is 14.7 Å². The van der Waals surface area contributed by atoms with E-state index in [9.17, 15) is 0 Å². The third-order valence-electron chi connectivity index (χ3n) is 0. The molecular formula is HCl3LiTi. The number of halogens is 3. The molecule has 5 heteroatoms. The van der Waals surface area contributed by atoms with Gasteiger partial charge in [-0.1, -0.05) is 0 Å². The van der Waals surface area contributed by atoms with Gasteiger partial charge in [0.05, 0.1) is 0 Å². The Labute approximate surface area is 62.3 Å². The summed E-state index contributed by atoms with van der Waals surface area (Å²) in [5.74, 6) is 0. The summed E-state index contributed by atoms with van der Waals surface area (Å²) in [5.41, 5.74) is 0. The normalized spacial score (nSPS) is 5.40. The summed E-state index contributed by atoms with van der Waals surface area (Å²) in [6.07, 6.45) is 0. The summed E-state index contributed by atoms with van der Waals surface area (Å²) in [7, 11) is 14.9. The molecule has 0 unspecified atom stereocenters. The van der Waals surface area contributed by atoms with E-state index >= 15 is 0 Å². The van der Waals surface area contributed by atoms with Crippen LogP contribution < -0.4 is 18.9 Å². The first-order chi connectivity index (χ1) is 1.73. The zero-order valence-corrected chi connectivity index (χ0v) is 6.46. The topological polar surface area (TPSA) is 0 Å². The SMILES string of the molecule is [Cl][Ti]([Cl])[Cl].[H-].[Li+]. The van der Waals surface area contributed by atoms with Crippen LogP contribution in [-0.2, 0) is 14.7 Å². The van der Waals surface area contributed by atoms with Gasteiger partial charge in [-0.3, -0.25) is 0 Å². The Balaban J connectivity index is -0.0000000450. The van der Waals surface area contributed by atoms with Crippen molar-refractivity contribution in [1.82, 2.24) is 0 Å². The summed E-state index contributed by atoms with van der Waals surface area (Å²) in [6, 6.07) is 0. The molecule has 0 amide bonds. The first-order valence-electron chi connectivity index (χ1n) is 0.567. The molecule has 0 saturated heterocycles. The van der Waals surface area contributed by atoms with Crippen molar-refractivity contribution in [2.24, 2.45) is 0 Å². The number of hydrogen-bond acceptors (Lipinski definition) is 0. The quantitative estimate of drug-likeness (QED) is 0.408. The first kappa shape index (κ1) is 10.2. The predicted octanol–water partition coefficient (Wildman–Crippen LogP) is -0.818. The third kappa shape index (κ3) is 22.7. The van der Waals surface area contributed by atoms with E-state index in [-0.39, 0.29) is 20.3 Å². The van der Waals surface area contributed by atoms with Crippen LogP contribution >= 0.6 is 27.9 Å². The standard InChI is InChI=1S/3ClH.Li.Ti.H/h3*1H;;;/q;;;+1;+3;-1/p-3. The molecule has 0 heterocycles. The molecule has 0 aromatic rings. The van der Waals surface area contributed by atoms with Gasteiger partial charge in [-0.2, -0.15) is 0 Å². The van der Waals surface area contributed by atoms with Crippen molar-refractivity contribution in [2.75, 3.05) is 0 Å². The van der Waals surface area contributed by atoms with Crippen LogP contribution in [0.25, 0.3) is 0 Å². The van der Waals surface area contributed by atoms with Crippen molar-refractivity contribution in [3.63, 3.8) is 0 Å². The number of rotatable bonds is 0. The van der Waals surface area contributed by atoms with Crippen molar-refractivity contribution >= 4 is 27.9 Å². The molecule has 0 aromatic carbocycles. The fourth-order valence-corrected chi connectivity index (χ4v) is 0. The molecule has 0 rings (SSSR count). The second-order valence-corrected chi connectivity index (χ2v) is 7.95. The van der Waals surface area contributed by atoms with E-state index in [0.29, 0.717) is 0 Å². The van der Waals surface area contributed by atoms with Crippen LogP contribution in [-0.4, -0.2) is 0 Å². The Morgan fingerprint density at radius 3 is 1.20 bits per heavy atom. The fraction of sp³-hybridized carbons (Fsp3) is 0. The molecule has 0 nitrogen and oxygen atoms in total. The molecule has 0 spiro atoms. The molecule has 0 bridgehead atoms. The fourth-order valence-electron chi connectivity index (χ4n) is 0. The largest absolute Gasteiger partial charge is 1.00 e. The van der Waals surface area contributed by atoms with E-state index in [2.05, 4.69) is 0 Å². The Kier molecular flexibility index (Phi) is 12.6. The molecule has 27 valence electrons. The van der Waals surface area contributed by atoms with E-state index in [1.54, 1.807) is 0 Å². The zero-order valence-electron chi connectivity index (χ0n) is 3.63. The molecule has 0 atom stereocenters. The van der Waals surface area contributed by atoms with Gasteiger partial charge in [-0.05, 0) is 0 Å². The minimum Gasteiger partial charge on any atom is -1.00 e. The van der Waals surface area contributed by atoms with Gasteiger partial charge in [0.2, 0.25) is 0 Å². The van der Waals surface area contributed by atoms with Crippen LogP contribution in [0.5, 0.6) is 0 Å². The molecule has 0 aliphatic heterocycles. The van der Waals surface area contributed by atoms with Crippen molar-refractivity contribution in [3.8, 4) is 0 Å². The maximum atomic E-state index is 4.97. The third-order valence-corrected chi connectivity index (χ3v) is 0. The Morgan fingerprint density at radius 1 is 1.20 bits per heavy atom. The van der Waals surface area contributed by atoms with Gasteiger partial charge in [0.25, 0.3) is 0 Å². The van der Waals surface area contributed by atoms with E-state index in [4.69, 9.17) is 27.9 Å². The first-order valence-corrected chi connectivity index (χ1v) is 7.01. The summed E-state index contributed by atoms with van der Waals surface area (Å²) >= 11 is -1.92. The Morgan fingerprint density at radius 2 is 1.20 bits per heavy atom. The molecular weight excluding hydrogens is 161 g/mol. The van der Waals surface area contributed by atoms with Crippen LogP contribution in [0.1, 0.15) is 1.43 Å². The monoisotopic (exact) mass is 161 g/mol. The van der Waals surface area contributed by atoms with Gasteiger partial charge in [0.15, 0.2) is 0 Å². The second-order valence-electron chi connectivity index (χ2n) is 0.214. The van der Waals surface area contributed by atoms with Gasteiger partial charge in [-0.25, -0.2) is 0 Å². The van der Waals surface area contributed by atoms with Gasteiger partial charge in [0, 0.05) is 0 Å². The van der Waals surface area contributed by atoms with Crippen molar-refractivity contribution < 1.29 is 35.0 Å². The van der Waals surface area contributed by atoms with Gasteiger partial charge < -0.3 is 1.43 Å². The smallest absolute Gasteiger partial charge is 1.00 e. The van der Waals surface area contributed by atoms with E-state index in [1.165, 1.54) is 0 Å². The molecule has 0 aliphatic carbocycles. The van der Waals surface area contributed by atoms with Crippen molar-refractivity contribution in [1.29, 1.82) is 0 Å². The molecule has 0 N–H and O–H groups in total. The maximum Gasteiger partial charge on any atom is 1.00 e. The van der Waals surface area contributed by atoms with Crippen LogP contribution in [0.4, 0.5) is 0 Å². The van der Waals surface area contributed by atoms with E-state index in [1.807, 2.05) is 0 Å². The van der Waals surface area contributed by atoms with Crippen molar-refractivity contribution in [2.45, 2.75) is 0 Å². The van der Waals surface area contributed by atoms with Crippen LogP contribution in [0.3, 0.4) is 0 Å². The second kappa shape index (κ2) is 6.18. The van der Waals surface area contributed by atoms with Crippen LogP contribution in [0, 0.1) is 0 Å². The zero-order chi connectivity index (χ0) is 3.58.